The van der Waals surface area contributed by atoms with Gasteiger partial charge in [-0.15, -0.1) is 12.6 Å². The lowest BCUT2D eigenvalue weighted by Gasteiger charge is -2.47. The lowest BCUT2D eigenvalue weighted by Crippen LogP contribution is -2.54. The van der Waals surface area contributed by atoms with Crippen LogP contribution < -0.4 is 0 Å². The molecule has 1 aromatic rings. The molecule has 2 atom stereocenters. The molecule has 1 aliphatic carbocycles. The third-order valence-electron chi connectivity index (χ3n) is 4.90. The van der Waals surface area contributed by atoms with Crippen molar-refractivity contribution in [3.8, 4) is 0 Å². The van der Waals surface area contributed by atoms with Gasteiger partial charge >= 0.3 is 0 Å². The maximum absolute atomic E-state index is 13.9. The molecule has 21 heavy (non-hydrogen) atoms. The van der Waals surface area contributed by atoms with Crippen LogP contribution >= 0.6 is 12.6 Å². The van der Waals surface area contributed by atoms with Crippen molar-refractivity contribution in [3.05, 3.63) is 29.6 Å². The number of nitrogens with zero attached hydrogens (tertiary/aromatic N) is 1. The Morgan fingerprint density at radius 2 is 2.19 bits per heavy atom. The minimum Gasteiger partial charge on any atom is -0.389 e. The molecule has 0 aromatic heterocycles. The topological polar surface area (TPSA) is 40.5 Å². The lowest BCUT2D eigenvalue weighted by molar-refractivity contribution is -0.0886. The molecule has 1 aromatic carbocycles. The van der Waals surface area contributed by atoms with E-state index in [-0.39, 0.29) is 17.4 Å². The first kappa shape index (κ1) is 14.9. The summed E-state index contributed by atoms with van der Waals surface area (Å²) in [6, 6.07) is 4.28. The van der Waals surface area contributed by atoms with E-state index >= 15 is 0 Å². The number of amides is 1. The van der Waals surface area contributed by atoms with Crippen molar-refractivity contribution in [1.29, 1.82) is 0 Å². The summed E-state index contributed by atoms with van der Waals surface area (Å²) in [5.41, 5.74) is -0.553. The number of likely N-dealkylation sites (tertiary alicyclic amines) is 1. The summed E-state index contributed by atoms with van der Waals surface area (Å²) < 4.78 is 13.9. The number of fused-ring (bicyclic) bond motifs is 1. The number of rotatable bonds is 1. The fourth-order valence-corrected chi connectivity index (χ4v) is 3.81. The van der Waals surface area contributed by atoms with Crippen LogP contribution in [0.15, 0.2) is 23.1 Å². The predicted octanol–water partition coefficient (Wildman–Crippen LogP) is 2.88. The monoisotopic (exact) mass is 309 g/mol. The van der Waals surface area contributed by atoms with Crippen LogP contribution in [0.4, 0.5) is 4.39 Å². The summed E-state index contributed by atoms with van der Waals surface area (Å²) in [5.74, 6) is -0.690. The van der Waals surface area contributed by atoms with E-state index in [1.54, 1.807) is 4.90 Å². The van der Waals surface area contributed by atoms with Gasteiger partial charge in [-0.25, -0.2) is 4.39 Å². The molecule has 5 heteroatoms. The Balaban J connectivity index is 1.79. The largest absolute Gasteiger partial charge is 0.389 e. The smallest absolute Gasteiger partial charge is 0.256 e. The van der Waals surface area contributed by atoms with Gasteiger partial charge in [0.2, 0.25) is 0 Å². The summed E-state index contributed by atoms with van der Waals surface area (Å²) >= 11 is 4.17. The van der Waals surface area contributed by atoms with Crippen LogP contribution in [-0.4, -0.2) is 34.6 Å². The Morgan fingerprint density at radius 3 is 3.00 bits per heavy atom. The molecule has 1 saturated carbocycles. The maximum atomic E-state index is 13.9. The molecule has 0 bridgehead atoms. The Hall–Kier alpha value is -1.07. The standard InChI is InChI=1S/C16H20FNO2S/c17-14-5-4-12(21)9-13(14)15(19)18-8-7-16(20)6-2-1-3-11(16)10-18/h4-5,9,11,20-21H,1-3,6-8,10H2. The number of benzene rings is 1. The van der Waals surface area contributed by atoms with E-state index in [4.69, 9.17) is 0 Å². The number of hydrogen-bond donors (Lipinski definition) is 2. The Bertz CT molecular complexity index is 565. The summed E-state index contributed by atoms with van der Waals surface area (Å²) in [6.45, 7) is 1.01. The van der Waals surface area contributed by atoms with E-state index in [2.05, 4.69) is 12.6 Å². The third kappa shape index (κ3) is 2.81. The quantitative estimate of drug-likeness (QED) is 0.783. The van der Waals surface area contributed by atoms with Crippen molar-refractivity contribution >= 4 is 18.5 Å². The van der Waals surface area contributed by atoms with Gasteiger partial charge in [0.1, 0.15) is 5.82 Å². The van der Waals surface area contributed by atoms with E-state index in [0.29, 0.717) is 24.4 Å². The average molecular weight is 309 g/mol. The molecule has 1 N–H and O–H groups in total. The number of carbonyl (C=O) groups excluding carboxylic acids is 1. The van der Waals surface area contributed by atoms with Gasteiger partial charge in [-0.2, -0.15) is 0 Å². The highest BCUT2D eigenvalue weighted by molar-refractivity contribution is 7.80. The number of aliphatic hydroxyl groups is 1. The molecule has 1 heterocycles. The highest BCUT2D eigenvalue weighted by Crippen LogP contribution is 2.40. The van der Waals surface area contributed by atoms with E-state index < -0.39 is 11.4 Å². The Morgan fingerprint density at radius 1 is 1.38 bits per heavy atom. The molecule has 1 aliphatic heterocycles. The van der Waals surface area contributed by atoms with Crippen LogP contribution in [-0.2, 0) is 0 Å². The van der Waals surface area contributed by atoms with Gasteiger partial charge in [-0.3, -0.25) is 4.79 Å². The second-order valence-corrected chi connectivity index (χ2v) is 6.73. The summed E-state index contributed by atoms with van der Waals surface area (Å²) in [6.07, 6.45) is 4.49. The van der Waals surface area contributed by atoms with Crippen molar-refractivity contribution in [2.45, 2.75) is 42.6 Å². The fraction of sp³-hybridized carbons (Fsp3) is 0.562. The fourth-order valence-electron chi connectivity index (χ4n) is 3.60. The SMILES string of the molecule is O=C(c1cc(S)ccc1F)N1CCC2(O)CCCCC2C1. The zero-order chi connectivity index (χ0) is 15.0. The second kappa shape index (κ2) is 5.61. The Kier molecular flexibility index (Phi) is 3.97. The van der Waals surface area contributed by atoms with Gasteiger partial charge in [0.25, 0.3) is 5.91 Å². The summed E-state index contributed by atoms with van der Waals surface area (Å²) in [5, 5.41) is 10.6. The minimum atomic E-state index is -0.626. The average Bonchev–Trinajstić information content (AvgIpc) is 2.48. The first-order valence-electron chi connectivity index (χ1n) is 7.50. The van der Waals surface area contributed by atoms with Crippen molar-refractivity contribution in [3.63, 3.8) is 0 Å². The lowest BCUT2D eigenvalue weighted by atomic mass is 9.71. The molecule has 0 spiro atoms. The number of hydrogen-bond acceptors (Lipinski definition) is 3. The molecular formula is C16H20FNO2S. The van der Waals surface area contributed by atoms with E-state index in [1.807, 2.05) is 0 Å². The van der Waals surface area contributed by atoms with Crippen LogP contribution in [0.3, 0.4) is 0 Å². The van der Waals surface area contributed by atoms with E-state index in [9.17, 15) is 14.3 Å². The molecule has 2 fully saturated rings. The molecule has 3 nitrogen and oxygen atoms in total. The molecule has 3 rings (SSSR count). The first-order valence-corrected chi connectivity index (χ1v) is 7.94. The number of halogens is 1. The molecular weight excluding hydrogens is 289 g/mol. The maximum Gasteiger partial charge on any atom is 0.256 e. The Labute approximate surface area is 129 Å². The van der Waals surface area contributed by atoms with Gasteiger partial charge in [0.05, 0.1) is 11.2 Å². The van der Waals surface area contributed by atoms with Crippen molar-refractivity contribution < 1.29 is 14.3 Å². The number of carbonyl (C=O) groups is 1. The first-order chi connectivity index (χ1) is 9.99. The summed E-state index contributed by atoms with van der Waals surface area (Å²) in [4.78, 5) is 14.8. The highest BCUT2D eigenvalue weighted by Gasteiger charge is 2.44. The molecule has 2 unspecified atom stereocenters. The van der Waals surface area contributed by atoms with Gasteiger partial charge in [-0.05, 0) is 37.5 Å². The second-order valence-electron chi connectivity index (χ2n) is 6.21. The van der Waals surface area contributed by atoms with E-state index in [0.717, 1.165) is 25.7 Å². The molecule has 1 amide bonds. The highest BCUT2D eigenvalue weighted by atomic mass is 32.1. The van der Waals surface area contributed by atoms with Crippen LogP contribution in [0.1, 0.15) is 42.5 Å². The zero-order valence-electron chi connectivity index (χ0n) is 11.9. The third-order valence-corrected chi connectivity index (χ3v) is 5.17. The molecule has 0 radical (unpaired) electrons. The molecule has 1 saturated heterocycles. The van der Waals surface area contributed by atoms with Crippen LogP contribution in [0.2, 0.25) is 0 Å². The van der Waals surface area contributed by atoms with Crippen LogP contribution in [0.25, 0.3) is 0 Å². The molecule has 114 valence electrons. The van der Waals surface area contributed by atoms with Gasteiger partial charge in [0, 0.05) is 23.9 Å². The zero-order valence-corrected chi connectivity index (χ0v) is 12.8. The van der Waals surface area contributed by atoms with Gasteiger partial charge in [0.15, 0.2) is 0 Å². The van der Waals surface area contributed by atoms with Gasteiger partial charge in [-0.1, -0.05) is 12.8 Å². The van der Waals surface area contributed by atoms with E-state index in [1.165, 1.54) is 18.2 Å². The van der Waals surface area contributed by atoms with Crippen LogP contribution in [0, 0.1) is 11.7 Å². The van der Waals surface area contributed by atoms with Crippen molar-refractivity contribution in [2.75, 3.05) is 13.1 Å². The van der Waals surface area contributed by atoms with Gasteiger partial charge < -0.3 is 10.0 Å². The normalized spacial score (nSPS) is 29.1. The summed E-state index contributed by atoms with van der Waals surface area (Å²) in [7, 11) is 0. The predicted molar refractivity (Wildman–Crippen MR) is 81.1 cm³/mol. The number of thiol groups is 1. The molecule has 2 aliphatic rings. The minimum absolute atomic E-state index is 0.0729. The number of piperidine rings is 1. The van der Waals surface area contributed by atoms with Crippen molar-refractivity contribution in [1.82, 2.24) is 4.90 Å². The van der Waals surface area contributed by atoms with Crippen LogP contribution in [0.5, 0.6) is 0 Å². The van der Waals surface area contributed by atoms with Crippen molar-refractivity contribution in [2.24, 2.45) is 5.92 Å².